The van der Waals surface area contributed by atoms with Crippen molar-refractivity contribution in [2.24, 2.45) is 11.3 Å². The average molecular weight is 409 g/mol. The molecule has 2 fully saturated rings. The van der Waals surface area contributed by atoms with Crippen LogP contribution in [0.25, 0.3) is 11.1 Å². The minimum atomic E-state index is -0.871. The summed E-state index contributed by atoms with van der Waals surface area (Å²) in [4.78, 5) is 19.2. The van der Waals surface area contributed by atoms with E-state index in [1.54, 1.807) is 23.9 Å². The molecule has 2 aliphatic carbocycles. The van der Waals surface area contributed by atoms with Crippen molar-refractivity contribution in [1.82, 2.24) is 4.98 Å². The van der Waals surface area contributed by atoms with E-state index in [2.05, 4.69) is 4.90 Å². The SMILES string of the molecule is O=C(O)c1ccccc1SCCCN(CC1CC12CC2)c1nc2ccccc2o1. The Morgan fingerprint density at radius 1 is 1.21 bits per heavy atom. The Kier molecular flexibility index (Phi) is 4.74. The van der Waals surface area contributed by atoms with Gasteiger partial charge >= 0.3 is 5.97 Å². The number of para-hydroxylation sites is 2. The van der Waals surface area contributed by atoms with Crippen LogP contribution >= 0.6 is 11.8 Å². The Morgan fingerprint density at radius 2 is 2.00 bits per heavy atom. The van der Waals surface area contributed by atoms with E-state index in [4.69, 9.17) is 9.40 Å². The molecule has 1 aromatic heterocycles. The Morgan fingerprint density at radius 3 is 2.76 bits per heavy atom. The molecule has 0 radical (unpaired) electrons. The van der Waals surface area contributed by atoms with Crippen LogP contribution in [0.5, 0.6) is 0 Å². The van der Waals surface area contributed by atoms with Crippen molar-refractivity contribution in [3.8, 4) is 0 Å². The standard InChI is InChI=1S/C23H24N2O3S/c26-21(27)17-6-1-4-9-20(17)29-13-5-12-25(15-16-14-23(16)10-11-23)22-24-18-7-2-3-8-19(18)28-22/h1-4,6-9,16H,5,10-15H2,(H,26,27). The zero-order chi connectivity index (χ0) is 19.8. The fourth-order valence-electron chi connectivity index (χ4n) is 4.20. The summed E-state index contributed by atoms with van der Waals surface area (Å²) in [6, 6.07) is 15.8. The molecule has 6 heteroatoms. The van der Waals surface area contributed by atoms with Crippen molar-refractivity contribution in [3.05, 3.63) is 54.1 Å². The fraction of sp³-hybridized carbons (Fsp3) is 0.391. The van der Waals surface area contributed by atoms with Crippen LogP contribution in [0.4, 0.5) is 6.01 Å². The third kappa shape index (κ3) is 3.86. The first-order valence-corrected chi connectivity index (χ1v) is 11.2. The van der Waals surface area contributed by atoms with Gasteiger partial charge in [0.05, 0.1) is 5.56 Å². The number of carbonyl (C=O) groups is 1. The van der Waals surface area contributed by atoms with E-state index in [9.17, 15) is 9.90 Å². The maximum atomic E-state index is 11.4. The molecule has 0 bridgehead atoms. The normalized spacial score (nSPS) is 18.8. The van der Waals surface area contributed by atoms with Crippen molar-refractivity contribution in [2.45, 2.75) is 30.6 Å². The predicted octanol–water partition coefficient (Wildman–Crippen LogP) is 5.31. The third-order valence-corrected chi connectivity index (χ3v) is 7.35. The van der Waals surface area contributed by atoms with Crippen molar-refractivity contribution < 1.29 is 14.3 Å². The summed E-state index contributed by atoms with van der Waals surface area (Å²) in [5.74, 6) is 0.749. The lowest BCUT2D eigenvalue weighted by Gasteiger charge is -2.20. The van der Waals surface area contributed by atoms with Gasteiger partial charge in [-0.1, -0.05) is 24.3 Å². The summed E-state index contributed by atoms with van der Waals surface area (Å²) in [5.41, 5.74) is 2.74. The Labute approximate surface area is 174 Å². The molecule has 1 atom stereocenters. The van der Waals surface area contributed by atoms with Crippen LogP contribution in [0.3, 0.4) is 0 Å². The lowest BCUT2D eigenvalue weighted by atomic mass is 10.2. The topological polar surface area (TPSA) is 66.6 Å². The molecule has 2 saturated carbocycles. The fourth-order valence-corrected chi connectivity index (χ4v) is 5.18. The molecule has 1 N–H and O–H groups in total. The van der Waals surface area contributed by atoms with Crippen LogP contribution in [-0.2, 0) is 0 Å². The van der Waals surface area contributed by atoms with Crippen LogP contribution in [0.15, 0.2) is 57.8 Å². The second kappa shape index (κ2) is 7.41. The summed E-state index contributed by atoms with van der Waals surface area (Å²) in [6.07, 6.45) is 5.03. The maximum Gasteiger partial charge on any atom is 0.336 e. The first-order valence-electron chi connectivity index (χ1n) is 10.2. The molecule has 0 amide bonds. The highest BCUT2D eigenvalue weighted by Crippen LogP contribution is 2.70. The van der Waals surface area contributed by atoms with Gasteiger partial charge in [-0.15, -0.1) is 11.8 Å². The number of carboxylic acid groups (broad SMARTS) is 1. The number of hydrogen-bond donors (Lipinski definition) is 1. The number of hydrogen-bond acceptors (Lipinski definition) is 5. The van der Waals surface area contributed by atoms with Crippen LogP contribution in [0, 0.1) is 11.3 Å². The molecule has 1 spiro atoms. The Balaban J connectivity index is 1.24. The van der Waals surface area contributed by atoms with Gasteiger partial charge in [-0.25, -0.2) is 4.79 Å². The maximum absolute atomic E-state index is 11.4. The summed E-state index contributed by atoms with van der Waals surface area (Å²) in [5, 5.41) is 9.35. The molecule has 2 aliphatic rings. The second-order valence-electron chi connectivity index (χ2n) is 8.18. The molecule has 5 nitrogen and oxygen atoms in total. The highest BCUT2D eigenvalue weighted by molar-refractivity contribution is 7.99. The number of carboxylic acids is 1. The average Bonchev–Trinajstić information content (AvgIpc) is 3.60. The van der Waals surface area contributed by atoms with Gasteiger partial charge in [0.1, 0.15) is 5.52 Å². The summed E-state index contributed by atoms with van der Waals surface area (Å²) in [7, 11) is 0. The number of rotatable bonds is 9. The minimum Gasteiger partial charge on any atom is -0.478 e. The van der Waals surface area contributed by atoms with Gasteiger partial charge in [0.25, 0.3) is 6.01 Å². The van der Waals surface area contributed by atoms with E-state index in [-0.39, 0.29) is 0 Å². The second-order valence-corrected chi connectivity index (χ2v) is 9.31. The van der Waals surface area contributed by atoms with E-state index < -0.39 is 5.97 Å². The lowest BCUT2D eigenvalue weighted by molar-refractivity contribution is 0.0693. The van der Waals surface area contributed by atoms with Crippen molar-refractivity contribution >= 4 is 34.8 Å². The monoisotopic (exact) mass is 408 g/mol. The van der Waals surface area contributed by atoms with E-state index in [0.717, 1.165) is 47.2 Å². The summed E-state index contributed by atoms with van der Waals surface area (Å²) < 4.78 is 6.04. The van der Waals surface area contributed by atoms with Gasteiger partial charge in [0.2, 0.25) is 0 Å². The number of aromatic nitrogens is 1. The lowest BCUT2D eigenvalue weighted by Crippen LogP contribution is -2.28. The third-order valence-electron chi connectivity index (χ3n) is 6.19. The van der Waals surface area contributed by atoms with Gasteiger partial charge in [0.15, 0.2) is 5.58 Å². The van der Waals surface area contributed by atoms with Crippen LogP contribution in [-0.4, -0.2) is 34.9 Å². The molecule has 150 valence electrons. The molecule has 0 saturated heterocycles. The number of oxazole rings is 1. The van der Waals surface area contributed by atoms with Crippen molar-refractivity contribution in [1.29, 1.82) is 0 Å². The van der Waals surface area contributed by atoms with Crippen molar-refractivity contribution in [2.75, 3.05) is 23.7 Å². The van der Waals surface area contributed by atoms with Gasteiger partial charge < -0.3 is 14.4 Å². The van der Waals surface area contributed by atoms with E-state index >= 15 is 0 Å². The molecule has 1 unspecified atom stereocenters. The molecule has 29 heavy (non-hydrogen) atoms. The smallest absolute Gasteiger partial charge is 0.336 e. The number of aromatic carboxylic acids is 1. The van der Waals surface area contributed by atoms with E-state index in [1.807, 2.05) is 36.4 Å². The van der Waals surface area contributed by atoms with E-state index in [0.29, 0.717) is 17.0 Å². The molecular formula is C23H24N2O3S. The molecular weight excluding hydrogens is 384 g/mol. The summed E-state index contributed by atoms with van der Waals surface area (Å²) in [6.45, 7) is 1.87. The summed E-state index contributed by atoms with van der Waals surface area (Å²) >= 11 is 1.61. The van der Waals surface area contributed by atoms with Gasteiger partial charge in [0, 0.05) is 18.0 Å². The molecule has 1 heterocycles. The highest BCUT2D eigenvalue weighted by atomic mass is 32.2. The molecule has 0 aliphatic heterocycles. The van der Waals surface area contributed by atoms with Crippen LogP contribution in [0.2, 0.25) is 0 Å². The number of thioether (sulfide) groups is 1. The largest absolute Gasteiger partial charge is 0.478 e. The zero-order valence-electron chi connectivity index (χ0n) is 16.2. The highest BCUT2D eigenvalue weighted by Gasteiger charge is 2.62. The van der Waals surface area contributed by atoms with Crippen LogP contribution < -0.4 is 4.90 Å². The van der Waals surface area contributed by atoms with Gasteiger partial charge in [-0.2, -0.15) is 4.98 Å². The Hall–Kier alpha value is -2.47. The predicted molar refractivity (Wildman–Crippen MR) is 115 cm³/mol. The van der Waals surface area contributed by atoms with Crippen molar-refractivity contribution in [3.63, 3.8) is 0 Å². The quantitative estimate of drug-likeness (QED) is 0.382. The van der Waals surface area contributed by atoms with Crippen LogP contribution in [0.1, 0.15) is 36.0 Å². The Bertz CT molecular complexity index is 1010. The minimum absolute atomic E-state index is 0.377. The molecule has 2 aromatic carbocycles. The molecule has 3 aromatic rings. The number of nitrogens with zero attached hydrogens (tertiary/aromatic N) is 2. The van der Waals surface area contributed by atoms with Gasteiger partial charge in [-0.05, 0) is 67.0 Å². The number of anilines is 1. The van der Waals surface area contributed by atoms with E-state index in [1.165, 1.54) is 19.3 Å². The first-order chi connectivity index (χ1) is 14.1. The van der Waals surface area contributed by atoms with Gasteiger partial charge in [-0.3, -0.25) is 0 Å². The number of benzene rings is 2. The number of fused-ring (bicyclic) bond motifs is 1. The first kappa shape index (κ1) is 18.6. The molecule has 5 rings (SSSR count). The zero-order valence-corrected chi connectivity index (χ0v) is 17.0.